The molecule has 8 heteroatoms. The Morgan fingerprint density at radius 2 is 1.71 bits per heavy atom. The van der Waals surface area contributed by atoms with Crippen LogP contribution in [0, 0.1) is 5.82 Å². The molecule has 3 aromatic rings. The van der Waals surface area contributed by atoms with Crippen molar-refractivity contribution in [2.24, 2.45) is 0 Å². The van der Waals surface area contributed by atoms with Gasteiger partial charge in [0.25, 0.3) is 5.91 Å². The van der Waals surface area contributed by atoms with Gasteiger partial charge in [0.2, 0.25) is 0 Å². The minimum Gasteiger partial charge on any atom is -0.367 e. The van der Waals surface area contributed by atoms with Crippen molar-refractivity contribution >= 4 is 40.1 Å². The highest BCUT2D eigenvalue weighted by Gasteiger charge is 2.28. The summed E-state index contributed by atoms with van der Waals surface area (Å²) in [4.78, 5) is 28.7. The molecule has 160 valence electrons. The smallest absolute Gasteiger partial charge is 0.257 e. The van der Waals surface area contributed by atoms with Crippen LogP contribution < -0.4 is 9.80 Å². The van der Waals surface area contributed by atoms with Gasteiger partial charge in [0.1, 0.15) is 11.6 Å². The first kappa shape index (κ1) is 20.1. The van der Waals surface area contributed by atoms with E-state index < -0.39 is 0 Å². The standard InChI is InChI=1S/C23H24FN5OS/c24-17-4-5-20-18(15-17)22(19(16-26-20)23(30)29-11-13-31-14-12-29)28-9-7-27(8-10-28)21-3-1-2-6-25-21/h1-6,15-16H,7-14H2. The van der Waals surface area contributed by atoms with Crippen molar-refractivity contribution in [1.29, 1.82) is 0 Å². The van der Waals surface area contributed by atoms with Crippen LogP contribution in [0.4, 0.5) is 15.9 Å². The third-order valence-electron chi connectivity index (χ3n) is 5.90. The summed E-state index contributed by atoms with van der Waals surface area (Å²) in [5, 5.41) is 0.698. The minimum absolute atomic E-state index is 0.0129. The first-order valence-electron chi connectivity index (χ1n) is 10.6. The van der Waals surface area contributed by atoms with Crippen molar-refractivity contribution in [3.63, 3.8) is 0 Å². The second-order valence-electron chi connectivity index (χ2n) is 7.75. The van der Waals surface area contributed by atoms with E-state index in [1.807, 2.05) is 34.9 Å². The molecular weight excluding hydrogens is 413 g/mol. The predicted molar refractivity (Wildman–Crippen MR) is 124 cm³/mol. The molecule has 2 aliphatic heterocycles. The maximum absolute atomic E-state index is 14.2. The number of benzene rings is 1. The number of anilines is 2. The van der Waals surface area contributed by atoms with Crippen LogP contribution in [0.5, 0.6) is 0 Å². The lowest BCUT2D eigenvalue weighted by Gasteiger charge is -2.38. The van der Waals surface area contributed by atoms with Gasteiger partial charge in [0, 0.05) is 68.6 Å². The topological polar surface area (TPSA) is 52.6 Å². The lowest BCUT2D eigenvalue weighted by Crippen LogP contribution is -2.47. The molecule has 2 aromatic heterocycles. The largest absolute Gasteiger partial charge is 0.367 e. The second-order valence-corrected chi connectivity index (χ2v) is 8.97. The molecular formula is C23H24FN5OS. The number of hydrogen-bond donors (Lipinski definition) is 0. The molecule has 0 saturated carbocycles. The van der Waals surface area contributed by atoms with E-state index in [1.54, 1.807) is 18.5 Å². The van der Waals surface area contributed by atoms with Crippen molar-refractivity contribution in [2.75, 3.05) is 60.6 Å². The van der Waals surface area contributed by atoms with E-state index >= 15 is 0 Å². The number of hydrogen-bond acceptors (Lipinski definition) is 6. The summed E-state index contributed by atoms with van der Waals surface area (Å²) < 4.78 is 14.2. The number of amides is 1. The van der Waals surface area contributed by atoms with E-state index in [4.69, 9.17) is 0 Å². The summed E-state index contributed by atoms with van der Waals surface area (Å²) in [5.41, 5.74) is 2.07. The number of carbonyl (C=O) groups excluding carboxylic acids is 1. The number of piperazine rings is 1. The predicted octanol–water partition coefficient (Wildman–Crippen LogP) is 3.28. The van der Waals surface area contributed by atoms with Crippen molar-refractivity contribution in [1.82, 2.24) is 14.9 Å². The van der Waals surface area contributed by atoms with E-state index in [-0.39, 0.29) is 11.7 Å². The van der Waals surface area contributed by atoms with Crippen LogP contribution in [0.1, 0.15) is 10.4 Å². The molecule has 0 spiro atoms. The average Bonchev–Trinajstić information content (AvgIpc) is 2.84. The van der Waals surface area contributed by atoms with E-state index in [9.17, 15) is 9.18 Å². The molecule has 1 amide bonds. The zero-order chi connectivity index (χ0) is 21.2. The zero-order valence-corrected chi connectivity index (χ0v) is 18.0. The summed E-state index contributed by atoms with van der Waals surface area (Å²) in [6, 6.07) is 10.5. The van der Waals surface area contributed by atoms with Gasteiger partial charge in [-0.25, -0.2) is 9.37 Å². The van der Waals surface area contributed by atoms with Crippen molar-refractivity contribution in [3.05, 3.63) is 60.2 Å². The van der Waals surface area contributed by atoms with Crippen molar-refractivity contribution < 1.29 is 9.18 Å². The van der Waals surface area contributed by atoms with Gasteiger partial charge >= 0.3 is 0 Å². The summed E-state index contributed by atoms with van der Waals surface area (Å²) in [5.74, 6) is 2.51. The van der Waals surface area contributed by atoms with Crippen LogP contribution in [0.25, 0.3) is 10.9 Å². The molecule has 2 saturated heterocycles. The van der Waals surface area contributed by atoms with Gasteiger partial charge < -0.3 is 14.7 Å². The van der Waals surface area contributed by atoms with E-state index in [0.29, 0.717) is 16.5 Å². The molecule has 1 aromatic carbocycles. The fourth-order valence-electron chi connectivity index (χ4n) is 4.28. The number of rotatable bonds is 3. The van der Waals surface area contributed by atoms with Crippen LogP contribution in [-0.2, 0) is 0 Å². The molecule has 0 bridgehead atoms. The minimum atomic E-state index is -0.318. The van der Waals surface area contributed by atoms with Gasteiger partial charge in [-0.05, 0) is 30.3 Å². The Morgan fingerprint density at radius 3 is 2.45 bits per heavy atom. The number of carbonyl (C=O) groups is 1. The summed E-state index contributed by atoms with van der Waals surface area (Å²) in [7, 11) is 0. The third kappa shape index (κ3) is 4.04. The number of aromatic nitrogens is 2. The molecule has 5 rings (SSSR count). The Hall–Kier alpha value is -2.87. The van der Waals surface area contributed by atoms with E-state index in [0.717, 1.165) is 62.3 Å². The molecule has 2 aliphatic rings. The average molecular weight is 438 g/mol. The second kappa shape index (κ2) is 8.70. The van der Waals surface area contributed by atoms with Crippen molar-refractivity contribution in [2.45, 2.75) is 0 Å². The fourth-order valence-corrected chi connectivity index (χ4v) is 5.19. The normalized spacial score (nSPS) is 17.3. The van der Waals surface area contributed by atoms with Crippen LogP contribution in [0.3, 0.4) is 0 Å². The molecule has 0 radical (unpaired) electrons. The Bertz CT molecular complexity index is 1080. The SMILES string of the molecule is O=C(c1cnc2ccc(F)cc2c1N1CCN(c2ccccn2)CC1)N1CCSCC1. The van der Waals surface area contributed by atoms with Gasteiger partial charge in [-0.2, -0.15) is 11.8 Å². The zero-order valence-electron chi connectivity index (χ0n) is 17.2. The van der Waals surface area contributed by atoms with Gasteiger partial charge in [-0.1, -0.05) is 6.07 Å². The highest BCUT2D eigenvalue weighted by Crippen LogP contribution is 2.33. The number of fused-ring (bicyclic) bond motifs is 1. The fraction of sp³-hybridized carbons (Fsp3) is 0.348. The molecule has 0 unspecified atom stereocenters. The molecule has 0 aliphatic carbocycles. The highest BCUT2D eigenvalue weighted by atomic mass is 32.2. The molecule has 6 nitrogen and oxygen atoms in total. The van der Waals surface area contributed by atoms with Gasteiger partial charge in [0.05, 0.1) is 16.8 Å². The van der Waals surface area contributed by atoms with Crippen LogP contribution in [-0.4, -0.2) is 71.5 Å². The highest BCUT2D eigenvalue weighted by molar-refractivity contribution is 7.99. The summed E-state index contributed by atoms with van der Waals surface area (Å²) >= 11 is 1.87. The number of halogens is 1. The van der Waals surface area contributed by atoms with E-state index in [1.165, 1.54) is 12.1 Å². The Morgan fingerprint density at radius 1 is 0.935 bits per heavy atom. The van der Waals surface area contributed by atoms with Crippen LogP contribution in [0.15, 0.2) is 48.8 Å². The molecule has 31 heavy (non-hydrogen) atoms. The van der Waals surface area contributed by atoms with Crippen molar-refractivity contribution in [3.8, 4) is 0 Å². The quantitative estimate of drug-likeness (QED) is 0.627. The molecule has 4 heterocycles. The number of thioether (sulfide) groups is 1. The Kier molecular flexibility index (Phi) is 5.63. The van der Waals surface area contributed by atoms with E-state index in [2.05, 4.69) is 19.8 Å². The third-order valence-corrected chi connectivity index (χ3v) is 6.84. The van der Waals surface area contributed by atoms with Gasteiger partial charge in [-0.3, -0.25) is 9.78 Å². The molecule has 0 atom stereocenters. The number of pyridine rings is 2. The van der Waals surface area contributed by atoms with Gasteiger partial charge in [0.15, 0.2) is 0 Å². The molecule has 0 N–H and O–H groups in total. The first-order chi connectivity index (χ1) is 15.2. The monoisotopic (exact) mass is 437 g/mol. The maximum Gasteiger partial charge on any atom is 0.257 e. The number of nitrogens with zero attached hydrogens (tertiary/aromatic N) is 5. The lowest BCUT2D eigenvalue weighted by molar-refractivity contribution is 0.0772. The van der Waals surface area contributed by atoms with Crippen LogP contribution >= 0.6 is 11.8 Å². The van der Waals surface area contributed by atoms with Gasteiger partial charge in [-0.15, -0.1) is 0 Å². The lowest BCUT2D eigenvalue weighted by atomic mass is 10.1. The Balaban J connectivity index is 1.50. The van der Waals surface area contributed by atoms with Crippen LogP contribution in [0.2, 0.25) is 0 Å². The first-order valence-corrected chi connectivity index (χ1v) is 11.7. The Labute approximate surface area is 185 Å². The summed E-state index contributed by atoms with van der Waals surface area (Å²) in [6.45, 7) is 4.48. The maximum atomic E-state index is 14.2. The summed E-state index contributed by atoms with van der Waals surface area (Å²) in [6.07, 6.45) is 3.47. The molecule has 2 fully saturated rings.